The third kappa shape index (κ3) is 4.53. The van der Waals surface area contributed by atoms with E-state index in [0.29, 0.717) is 11.3 Å². The van der Waals surface area contributed by atoms with Crippen LogP contribution in [0.25, 0.3) is 10.9 Å². The van der Waals surface area contributed by atoms with Crippen LogP contribution in [-0.2, 0) is 14.8 Å². The zero-order chi connectivity index (χ0) is 19.6. The number of carbonyl (C=O) groups excluding carboxylic acids is 2. The van der Waals surface area contributed by atoms with E-state index in [9.17, 15) is 18.0 Å². The maximum atomic E-state index is 12.5. The first-order valence-electron chi connectivity index (χ1n) is 8.14. The summed E-state index contributed by atoms with van der Waals surface area (Å²) in [5.74, 6) is -1.01. The average Bonchev–Trinajstić information content (AvgIpc) is 3.04. The van der Waals surface area contributed by atoms with E-state index < -0.39 is 22.1 Å². The second-order valence-electron chi connectivity index (χ2n) is 6.13. The van der Waals surface area contributed by atoms with Gasteiger partial charge in [0, 0.05) is 22.2 Å². The number of anilines is 1. The Kier molecular flexibility index (Phi) is 5.00. The van der Waals surface area contributed by atoms with E-state index >= 15 is 0 Å². The van der Waals surface area contributed by atoms with Crippen molar-refractivity contribution in [1.82, 2.24) is 4.98 Å². The number of para-hydroxylation sites is 1. The fraction of sp³-hybridized carbons (Fsp3) is 0.158. The summed E-state index contributed by atoms with van der Waals surface area (Å²) >= 11 is 0. The average molecular weight is 386 g/mol. The zero-order valence-electron chi connectivity index (χ0n) is 14.7. The quantitative estimate of drug-likeness (QED) is 0.500. The van der Waals surface area contributed by atoms with Crippen LogP contribution in [0.4, 0.5) is 5.69 Å². The lowest BCUT2D eigenvalue weighted by Gasteiger charge is -2.12. The molecule has 8 heteroatoms. The maximum Gasteiger partial charge on any atom is 0.355 e. The number of benzene rings is 2. The van der Waals surface area contributed by atoms with E-state index in [4.69, 9.17) is 4.74 Å². The molecule has 2 N–H and O–H groups in total. The molecule has 0 aliphatic heterocycles. The van der Waals surface area contributed by atoms with Gasteiger partial charge in [-0.15, -0.1) is 0 Å². The van der Waals surface area contributed by atoms with Gasteiger partial charge in [0.15, 0.2) is 6.10 Å². The second kappa shape index (κ2) is 7.24. The molecule has 0 bridgehead atoms. The van der Waals surface area contributed by atoms with Gasteiger partial charge in [-0.3, -0.25) is 9.52 Å². The molecule has 3 rings (SSSR count). The highest BCUT2D eigenvalue weighted by atomic mass is 32.2. The van der Waals surface area contributed by atoms with Gasteiger partial charge in [-0.25, -0.2) is 13.2 Å². The molecule has 7 nitrogen and oxygen atoms in total. The fourth-order valence-electron chi connectivity index (χ4n) is 2.61. The molecule has 0 aliphatic rings. The molecule has 140 valence electrons. The van der Waals surface area contributed by atoms with Crippen molar-refractivity contribution in [1.29, 1.82) is 0 Å². The van der Waals surface area contributed by atoms with Gasteiger partial charge >= 0.3 is 5.97 Å². The Morgan fingerprint density at radius 1 is 1.07 bits per heavy atom. The first kappa shape index (κ1) is 18.7. The number of aromatic amines is 1. The predicted molar refractivity (Wildman–Crippen MR) is 102 cm³/mol. The zero-order valence-corrected chi connectivity index (χ0v) is 15.5. The molecule has 0 saturated heterocycles. The van der Waals surface area contributed by atoms with Crippen molar-refractivity contribution in [2.24, 2.45) is 0 Å². The van der Waals surface area contributed by atoms with Crippen LogP contribution in [0.5, 0.6) is 0 Å². The van der Waals surface area contributed by atoms with E-state index in [1.807, 2.05) is 24.3 Å². The Balaban J connectivity index is 1.68. The van der Waals surface area contributed by atoms with Crippen LogP contribution in [0.1, 0.15) is 27.8 Å². The van der Waals surface area contributed by atoms with E-state index in [1.165, 1.54) is 31.2 Å². The van der Waals surface area contributed by atoms with Crippen molar-refractivity contribution in [2.75, 3.05) is 11.0 Å². The summed E-state index contributed by atoms with van der Waals surface area (Å²) < 4.78 is 30.0. The minimum atomic E-state index is -3.39. The minimum absolute atomic E-state index is 0.267. The molecule has 0 saturated carbocycles. The van der Waals surface area contributed by atoms with Crippen molar-refractivity contribution in [3.05, 3.63) is 65.9 Å². The molecule has 1 aromatic heterocycles. The van der Waals surface area contributed by atoms with Crippen LogP contribution in [0.3, 0.4) is 0 Å². The summed E-state index contributed by atoms with van der Waals surface area (Å²) in [6.07, 6.45) is 0.0510. The summed E-state index contributed by atoms with van der Waals surface area (Å²) in [5, 5.41) is 0.873. The maximum absolute atomic E-state index is 12.5. The molecule has 1 atom stereocenters. The Hall–Kier alpha value is -3.13. The largest absolute Gasteiger partial charge is 0.450 e. The van der Waals surface area contributed by atoms with Crippen molar-refractivity contribution in [3.63, 3.8) is 0 Å². The number of nitrogens with one attached hydrogen (secondary N) is 2. The SMILES string of the molecule is C[C@@H](OC(=O)c1cc2ccccc2[nH]1)C(=O)c1ccc(NS(C)(=O)=O)cc1. The molecule has 0 spiro atoms. The Morgan fingerprint density at radius 2 is 1.74 bits per heavy atom. The molecule has 0 radical (unpaired) electrons. The van der Waals surface area contributed by atoms with Crippen molar-refractivity contribution in [2.45, 2.75) is 13.0 Å². The summed E-state index contributed by atoms with van der Waals surface area (Å²) in [6, 6.07) is 15.0. The highest BCUT2D eigenvalue weighted by molar-refractivity contribution is 7.92. The molecule has 0 amide bonds. The van der Waals surface area contributed by atoms with Gasteiger partial charge in [0.1, 0.15) is 5.69 Å². The number of Topliss-reactive ketones (excluding diaryl/α,β-unsaturated/α-hetero) is 1. The first-order chi connectivity index (χ1) is 12.7. The van der Waals surface area contributed by atoms with E-state index in [-0.39, 0.29) is 11.5 Å². The smallest absolute Gasteiger partial charge is 0.355 e. The number of carbonyl (C=O) groups is 2. The Labute approximate surface area is 156 Å². The molecule has 27 heavy (non-hydrogen) atoms. The number of ketones is 1. The summed E-state index contributed by atoms with van der Waals surface area (Å²) in [6.45, 7) is 1.49. The molecule has 0 aliphatic carbocycles. The lowest BCUT2D eigenvalue weighted by Crippen LogP contribution is -2.24. The minimum Gasteiger partial charge on any atom is -0.450 e. The number of sulfonamides is 1. The first-order valence-corrected chi connectivity index (χ1v) is 10.0. The molecular formula is C19H18N2O5S. The van der Waals surface area contributed by atoms with Crippen molar-refractivity contribution < 1.29 is 22.7 Å². The van der Waals surface area contributed by atoms with E-state index in [0.717, 1.165) is 17.2 Å². The second-order valence-corrected chi connectivity index (χ2v) is 7.88. The van der Waals surface area contributed by atoms with E-state index in [2.05, 4.69) is 9.71 Å². The number of hydrogen-bond donors (Lipinski definition) is 2. The van der Waals surface area contributed by atoms with E-state index in [1.54, 1.807) is 6.07 Å². The third-order valence-corrected chi connectivity index (χ3v) is 4.48. The number of hydrogen-bond acceptors (Lipinski definition) is 5. The fourth-order valence-corrected chi connectivity index (χ4v) is 3.18. The van der Waals surface area contributed by atoms with Gasteiger partial charge in [0.2, 0.25) is 15.8 Å². The van der Waals surface area contributed by atoms with Gasteiger partial charge in [-0.05, 0) is 43.3 Å². The van der Waals surface area contributed by atoms with Gasteiger partial charge in [-0.1, -0.05) is 18.2 Å². The third-order valence-electron chi connectivity index (χ3n) is 3.88. The normalized spacial score (nSPS) is 12.5. The predicted octanol–water partition coefficient (Wildman–Crippen LogP) is 2.97. The lowest BCUT2D eigenvalue weighted by atomic mass is 10.1. The molecule has 1 heterocycles. The van der Waals surface area contributed by atoms with Crippen LogP contribution in [0, 0.1) is 0 Å². The molecule has 2 aromatic carbocycles. The van der Waals surface area contributed by atoms with Crippen LogP contribution in [0.2, 0.25) is 0 Å². The summed E-state index contributed by atoms with van der Waals surface area (Å²) in [5.41, 5.74) is 1.73. The van der Waals surface area contributed by atoms with Crippen LogP contribution in [0.15, 0.2) is 54.6 Å². The number of H-pyrrole nitrogens is 1. The number of ether oxygens (including phenoxy) is 1. The van der Waals surface area contributed by atoms with Crippen LogP contribution >= 0.6 is 0 Å². The van der Waals surface area contributed by atoms with Gasteiger partial charge in [0.25, 0.3) is 0 Å². The highest BCUT2D eigenvalue weighted by Crippen LogP contribution is 2.17. The molecular weight excluding hydrogens is 368 g/mol. The molecule has 3 aromatic rings. The van der Waals surface area contributed by atoms with Gasteiger partial charge in [-0.2, -0.15) is 0 Å². The lowest BCUT2D eigenvalue weighted by molar-refractivity contribution is 0.0314. The number of fused-ring (bicyclic) bond motifs is 1. The van der Waals surface area contributed by atoms with Crippen LogP contribution in [-0.4, -0.2) is 37.5 Å². The molecule has 0 fully saturated rings. The topological polar surface area (TPSA) is 105 Å². The van der Waals surface area contributed by atoms with Crippen LogP contribution < -0.4 is 4.72 Å². The monoisotopic (exact) mass is 386 g/mol. The van der Waals surface area contributed by atoms with Crippen molar-refractivity contribution in [3.8, 4) is 0 Å². The number of esters is 1. The standard InChI is InChI=1S/C19H18N2O5S/c1-12(18(22)13-7-9-15(10-8-13)21-27(2,24)25)26-19(23)17-11-14-5-3-4-6-16(14)20-17/h3-12,20-21H,1-2H3/t12-/m1/s1. The summed E-state index contributed by atoms with van der Waals surface area (Å²) in [7, 11) is -3.39. The summed E-state index contributed by atoms with van der Waals surface area (Å²) in [4.78, 5) is 27.7. The van der Waals surface area contributed by atoms with Gasteiger partial charge in [0.05, 0.1) is 6.26 Å². The number of rotatable bonds is 6. The van der Waals surface area contributed by atoms with Gasteiger partial charge < -0.3 is 9.72 Å². The van der Waals surface area contributed by atoms with Crippen molar-refractivity contribution >= 4 is 38.4 Å². The molecule has 0 unspecified atom stereocenters. The highest BCUT2D eigenvalue weighted by Gasteiger charge is 2.21. The Morgan fingerprint density at radius 3 is 2.37 bits per heavy atom. The number of aromatic nitrogens is 1. The Bertz CT molecular complexity index is 1070.